The Balaban J connectivity index is 2.17. The maximum absolute atomic E-state index is 10.9. The highest BCUT2D eigenvalue weighted by Crippen LogP contribution is 2.33. The average molecular weight is 298 g/mol. The molecule has 2 nitrogen and oxygen atoms in total. The van der Waals surface area contributed by atoms with Gasteiger partial charge in [-0.05, 0) is 17.7 Å². The Hall–Kier alpha value is -3.00. The van der Waals surface area contributed by atoms with Gasteiger partial charge in [0.1, 0.15) is 13.3 Å². The monoisotopic (exact) mass is 298 g/mol. The number of benzene rings is 3. The summed E-state index contributed by atoms with van der Waals surface area (Å²) in [7, 11) is 2.10. The van der Waals surface area contributed by atoms with E-state index < -0.39 is 0 Å². The van der Waals surface area contributed by atoms with Crippen molar-refractivity contribution in [3.05, 3.63) is 78.4 Å². The van der Waals surface area contributed by atoms with Crippen LogP contribution in [0.2, 0.25) is 0 Å². The maximum atomic E-state index is 10.9. The number of fused-ring (bicyclic) bond motifs is 2. The zero-order valence-electron chi connectivity index (χ0n) is 12.9. The second kappa shape index (κ2) is 5.33. The fourth-order valence-electron chi connectivity index (χ4n) is 3.27. The van der Waals surface area contributed by atoms with Gasteiger partial charge < -0.3 is 0 Å². The highest BCUT2D eigenvalue weighted by Gasteiger charge is 2.17. The van der Waals surface area contributed by atoms with Gasteiger partial charge >= 0.3 is 0 Å². The summed E-state index contributed by atoms with van der Waals surface area (Å²) in [6.45, 7) is 0. The predicted molar refractivity (Wildman–Crippen MR) is 93.5 cm³/mol. The molecule has 0 aliphatic carbocycles. The molecule has 0 atom stereocenters. The molecule has 0 saturated heterocycles. The largest absolute Gasteiger partial charge is 0.298 e. The van der Waals surface area contributed by atoms with Gasteiger partial charge in [0.2, 0.25) is 11.0 Å². The molecule has 0 bridgehead atoms. The van der Waals surface area contributed by atoms with E-state index in [2.05, 4.69) is 60.1 Å². The van der Waals surface area contributed by atoms with Crippen molar-refractivity contribution in [2.24, 2.45) is 7.05 Å². The number of aldehydes is 1. The molecule has 0 amide bonds. The van der Waals surface area contributed by atoms with E-state index in [1.54, 1.807) is 0 Å². The number of carbonyl (C=O) groups is 1. The smallest absolute Gasteiger partial charge is 0.213 e. The number of hydrogen-bond donors (Lipinski definition) is 0. The van der Waals surface area contributed by atoms with Crippen molar-refractivity contribution in [1.29, 1.82) is 0 Å². The SMILES string of the molecule is C[n+]1c2ccccc2c(-c2ccc(C=O)cc2)c2ccccc21. The number of rotatable bonds is 2. The van der Waals surface area contributed by atoms with Crippen LogP contribution in [0.5, 0.6) is 0 Å². The van der Waals surface area contributed by atoms with Crippen LogP contribution in [-0.4, -0.2) is 6.29 Å². The summed E-state index contributed by atoms with van der Waals surface area (Å²) in [6.07, 6.45) is 0.880. The summed E-state index contributed by atoms with van der Waals surface area (Å²) in [6, 6.07) is 24.7. The minimum atomic E-state index is 0.698. The van der Waals surface area contributed by atoms with Gasteiger partial charge in [-0.25, -0.2) is 0 Å². The molecule has 0 unspecified atom stereocenters. The molecule has 0 saturated carbocycles. The van der Waals surface area contributed by atoms with Crippen LogP contribution in [0.1, 0.15) is 10.4 Å². The quantitative estimate of drug-likeness (QED) is 0.307. The van der Waals surface area contributed by atoms with Crippen LogP contribution in [0.15, 0.2) is 72.8 Å². The Kier molecular flexibility index (Phi) is 3.16. The molecule has 0 radical (unpaired) electrons. The second-order valence-electron chi connectivity index (χ2n) is 5.71. The van der Waals surface area contributed by atoms with Crippen LogP contribution in [0.4, 0.5) is 0 Å². The highest BCUT2D eigenvalue weighted by molar-refractivity contribution is 6.07. The first-order valence-electron chi connectivity index (χ1n) is 7.64. The van der Waals surface area contributed by atoms with E-state index in [9.17, 15) is 4.79 Å². The van der Waals surface area contributed by atoms with Gasteiger partial charge in [0.05, 0.1) is 10.8 Å². The summed E-state index contributed by atoms with van der Waals surface area (Å²) in [5.41, 5.74) is 5.43. The lowest BCUT2D eigenvalue weighted by Gasteiger charge is -2.10. The minimum Gasteiger partial charge on any atom is -0.298 e. The molecule has 0 spiro atoms. The van der Waals surface area contributed by atoms with Crippen molar-refractivity contribution in [2.75, 3.05) is 0 Å². The lowest BCUT2D eigenvalue weighted by molar-refractivity contribution is -0.617. The zero-order chi connectivity index (χ0) is 15.8. The molecular formula is C21H16NO+. The van der Waals surface area contributed by atoms with E-state index in [1.807, 2.05) is 24.3 Å². The molecule has 110 valence electrons. The predicted octanol–water partition coefficient (Wildman–Crippen LogP) is 4.30. The van der Waals surface area contributed by atoms with E-state index in [0.717, 1.165) is 11.8 Å². The van der Waals surface area contributed by atoms with Gasteiger partial charge in [-0.2, -0.15) is 4.57 Å². The molecule has 3 aromatic carbocycles. The average Bonchev–Trinajstić information content (AvgIpc) is 2.63. The fourth-order valence-corrected chi connectivity index (χ4v) is 3.27. The third kappa shape index (κ3) is 2.11. The van der Waals surface area contributed by atoms with E-state index in [0.29, 0.717) is 5.56 Å². The molecule has 23 heavy (non-hydrogen) atoms. The first-order chi connectivity index (χ1) is 11.3. The normalized spacial score (nSPS) is 11.0. The molecule has 1 aromatic heterocycles. The van der Waals surface area contributed by atoms with Crippen LogP contribution >= 0.6 is 0 Å². The molecule has 2 heteroatoms. The molecule has 0 aliphatic heterocycles. The van der Waals surface area contributed by atoms with E-state index in [1.165, 1.54) is 27.4 Å². The third-order valence-electron chi connectivity index (χ3n) is 4.40. The van der Waals surface area contributed by atoms with Crippen molar-refractivity contribution in [1.82, 2.24) is 0 Å². The lowest BCUT2D eigenvalue weighted by atomic mass is 9.95. The number of aryl methyl sites for hydroxylation is 1. The molecule has 0 N–H and O–H groups in total. The Bertz CT molecular complexity index is 976. The first-order valence-corrected chi connectivity index (χ1v) is 7.64. The van der Waals surface area contributed by atoms with Gasteiger partial charge in [-0.1, -0.05) is 48.5 Å². The number of nitrogens with zero attached hydrogens (tertiary/aromatic N) is 1. The summed E-state index contributed by atoms with van der Waals surface area (Å²) in [5, 5.41) is 2.43. The summed E-state index contributed by atoms with van der Waals surface area (Å²) in [4.78, 5) is 10.9. The van der Waals surface area contributed by atoms with E-state index in [-0.39, 0.29) is 0 Å². The highest BCUT2D eigenvalue weighted by atomic mass is 16.1. The number of carbonyl (C=O) groups excluding carboxylic acids is 1. The molecule has 4 rings (SSSR count). The zero-order valence-corrected chi connectivity index (χ0v) is 12.9. The van der Waals surface area contributed by atoms with Gasteiger partial charge in [0, 0.05) is 23.3 Å². The van der Waals surface area contributed by atoms with E-state index >= 15 is 0 Å². The topological polar surface area (TPSA) is 20.9 Å². The number of pyridine rings is 1. The van der Waals surface area contributed by atoms with Crippen LogP contribution < -0.4 is 4.57 Å². The molecule has 1 heterocycles. The van der Waals surface area contributed by atoms with Crippen molar-refractivity contribution in [2.45, 2.75) is 0 Å². The molecular weight excluding hydrogens is 282 g/mol. The van der Waals surface area contributed by atoms with Crippen molar-refractivity contribution < 1.29 is 9.36 Å². The van der Waals surface area contributed by atoms with Gasteiger partial charge in [0.25, 0.3) is 0 Å². The van der Waals surface area contributed by atoms with Crippen LogP contribution in [-0.2, 0) is 7.05 Å². The standard InChI is InChI=1S/C21H16NO/c1-22-19-8-4-2-6-17(19)21(18-7-3-5-9-20(18)22)16-12-10-15(14-23)11-13-16/h2-14H,1H3/q+1. The Labute approximate surface area is 134 Å². The third-order valence-corrected chi connectivity index (χ3v) is 4.40. The molecule has 0 aliphatic rings. The van der Waals surface area contributed by atoms with Crippen molar-refractivity contribution in [3.8, 4) is 11.1 Å². The lowest BCUT2D eigenvalue weighted by Crippen LogP contribution is -2.30. The Morgan fingerprint density at radius 3 is 1.78 bits per heavy atom. The van der Waals surface area contributed by atoms with E-state index in [4.69, 9.17) is 0 Å². The minimum absolute atomic E-state index is 0.698. The van der Waals surface area contributed by atoms with Gasteiger partial charge in [-0.3, -0.25) is 4.79 Å². The van der Waals surface area contributed by atoms with Gasteiger partial charge in [-0.15, -0.1) is 0 Å². The molecule has 4 aromatic rings. The van der Waals surface area contributed by atoms with Crippen molar-refractivity contribution >= 4 is 28.1 Å². The Morgan fingerprint density at radius 1 is 0.739 bits per heavy atom. The number of aromatic nitrogens is 1. The van der Waals surface area contributed by atoms with Crippen LogP contribution in [0, 0.1) is 0 Å². The second-order valence-corrected chi connectivity index (χ2v) is 5.71. The maximum Gasteiger partial charge on any atom is 0.213 e. The van der Waals surface area contributed by atoms with Gasteiger partial charge in [0.15, 0.2) is 0 Å². The van der Waals surface area contributed by atoms with Crippen LogP contribution in [0.3, 0.4) is 0 Å². The summed E-state index contributed by atoms with van der Waals surface area (Å²) in [5.74, 6) is 0. The molecule has 0 fully saturated rings. The number of hydrogen-bond acceptors (Lipinski definition) is 1. The number of para-hydroxylation sites is 2. The summed E-state index contributed by atoms with van der Waals surface area (Å²) >= 11 is 0. The Morgan fingerprint density at radius 2 is 1.26 bits per heavy atom. The fraction of sp³-hybridized carbons (Fsp3) is 0.0476. The first kappa shape index (κ1) is 13.6. The van der Waals surface area contributed by atoms with Crippen LogP contribution in [0.25, 0.3) is 32.9 Å². The summed E-state index contributed by atoms with van der Waals surface area (Å²) < 4.78 is 2.23. The van der Waals surface area contributed by atoms with Crippen molar-refractivity contribution in [3.63, 3.8) is 0 Å².